The van der Waals surface area contributed by atoms with Gasteiger partial charge in [-0.1, -0.05) is 61.3 Å². The molecule has 2 aromatic rings. The molecule has 0 spiro atoms. The van der Waals surface area contributed by atoms with Gasteiger partial charge >= 0.3 is 12.0 Å². The van der Waals surface area contributed by atoms with Crippen LogP contribution >= 0.6 is 11.6 Å². The zero-order valence-electron chi connectivity index (χ0n) is 17.9. The number of halogens is 1. The van der Waals surface area contributed by atoms with E-state index in [0.717, 1.165) is 12.0 Å². The number of ether oxygens (including phenoxy) is 2. The number of carbonyl (C=O) groups excluding carboxylic acids is 2. The molecular formula is C24H27ClN2O4. The molecule has 0 saturated heterocycles. The number of hydrogen-bond donors (Lipinski definition) is 2. The molecule has 1 aliphatic rings. The van der Waals surface area contributed by atoms with Crippen LogP contribution in [0.5, 0.6) is 5.75 Å². The van der Waals surface area contributed by atoms with Gasteiger partial charge in [0, 0.05) is 5.70 Å². The third kappa shape index (κ3) is 5.79. The number of rotatable bonds is 8. The van der Waals surface area contributed by atoms with Gasteiger partial charge < -0.3 is 20.1 Å². The number of carbonyl (C=O) groups is 2. The normalized spacial score (nSPS) is 16.0. The van der Waals surface area contributed by atoms with Gasteiger partial charge in [0.25, 0.3) is 0 Å². The lowest BCUT2D eigenvalue weighted by Gasteiger charge is -2.30. The first kappa shape index (κ1) is 22.7. The molecule has 2 amide bonds. The van der Waals surface area contributed by atoms with Crippen molar-refractivity contribution in [3.63, 3.8) is 0 Å². The summed E-state index contributed by atoms with van der Waals surface area (Å²) < 4.78 is 11.3. The molecule has 3 rings (SSSR count). The van der Waals surface area contributed by atoms with Crippen molar-refractivity contribution in [2.75, 3.05) is 0 Å². The Labute approximate surface area is 187 Å². The summed E-state index contributed by atoms with van der Waals surface area (Å²) in [6.45, 7) is 5.95. The topological polar surface area (TPSA) is 76.7 Å². The van der Waals surface area contributed by atoms with Crippen LogP contribution in [0.3, 0.4) is 0 Å². The summed E-state index contributed by atoms with van der Waals surface area (Å²) in [5.41, 5.74) is 2.67. The lowest BCUT2D eigenvalue weighted by Crippen LogP contribution is -2.46. The Morgan fingerprint density at radius 2 is 1.90 bits per heavy atom. The van der Waals surface area contributed by atoms with Crippen LogP contribution in [0.25, 0.3) is 0 Å². The smallest absolute Gasteiger partial charge is 0.338 e. The molecule has 0 radical (unpaired) electrons. The zero-order valence-corrected chi connectivity index (χ0v) is 18.7. The van der Waals surface area contributed by atoms with Crippen molar-refractivity contribution in [1.29, 1.82) is 0 Å². The molecule has 6 nitrogen and oxygen atoms in total. The number of hydrogen-bond acceptors (Lipinski definition) is 4. The second kappa shape index (κ2) is 10.4. The minimum Gasteiger partial charge on any atom is -0.487 e. The van der Waals surface area contributed by atoms with E-state index < -0.39 is 12.0 Å². The lowest BCUT2D eigenvalue weighted by molar-refractivity contribution is -0.143. The summed E-state index contributed by atoms with van der Waals surface area (Å²) >= 11 is 6.47. The van der Waals surface area contributed by atoms with Crippen molar-refractivity contribution < 1.29 is 19.1 Å². The quantitative estimate of drug-likeness (QED) is 0.545. The Balaban J connectivity index is 1.89. The number of esters is 1. The highest BCUT2D eigenvalue weighted by molar-refractivity contribution is 6.32. The van der Waals surface area contributed by atoms with Crippen molar-refractivity contribution in [3.8, 4) is 5.75 Å². The van der Waals surface area contributed by atoms with Crippen LogP contribution < -0.4 is 15.4 Å². The minimum absolute atomic E-state index is 0.279. The van der Waals surface area contributed by atoms with Gasteiger partial charge in [-0.25, -0.2) is 9.59 Å². The standard InChI is InChI=1S/C24H27ClN2O4/c1-4-8-19-21(23(28)31-15(2)3)22(27-24(29)26-19)17-11-12-20(18(25)13-17)30-14-16-9-6-5-7-10-16/h5-7,9-13,15,22H,4,8,14H2,1-3H3,(H2,26,27,29). The Morgan fingerprint density at radius 1 is 1.16 bits per heavy atom. The number of urea groups is 1. The molecular weight excluding hydrogens is 416 g/mol. The number of allylic oxidation sites excluding steroid dienone is 1. The van der Waals surface area contributed by atoms with Gasteiger partial charge in [0.1, 0.15) is 12.4 Å². The van der Waals surface area contributed by atoms with E-state index in [2.05, 4.69) is 10.6 Å². The van der Waals surface area contributed by atoms with Crippen LogP contribution in [0.15, 0.2) is 59.8 Å². The predicted octanol–water partition coefficient (Wildman–Crippen LogP) is 5.28. The van der Waals surface area contributed by atoms with Crippen LogP contribution in [0.4, 0.5) is 4.79 Å². The maximum absolute atomic E-state index is 12.9. The van der Waals surface area contributed by atoms with Crippen LogP contribution in [-0.4, -0.2) is 18.1 Å². The fourth-order valence-electron chi connectivity index (χ4n) is 3.38. The van der Waals surface area contributed by atoms with E-state index in [0.29, 0.717) is 40.6 Å². The summed E-state index contributed by atoms with van der Waals surface area (Å²) in [6.07, 6.45) is 1.05. The summed E-state index contributed by atoms with van der Waals surface area (Å²) in [5.74, 6) is 0.0649. The van der Waals surface area contributed by atoms with E-state index in [4.69, 9.17) is 21.1 Å². The molecule has 2 aromatic carbocycles. The lowest BCUT2D eigenvalue weighted by atomic mass is 9.93. The average molecular weight is 443 g/mol. The fraction of sp³-hybridized carbons (Fsp3) is 0.333. The number of benzene rings is 2. The highest BCUT2D eigenvalue weighted by Gasteiger charge is 2.34. The Morgan fingerprint density at radius 3 is 2.55 bits per heavy atom. The van der Waals surface area contributed by atoms with Gasteiger partial charge in [0.2, 0.25) is 0 Å². The summed E-state index contributed by atoms with van der Waals surface area (Å²) in [6, 6.07) is 14.0. The Kier molecular flexibility index (Phi) is 7.58. The van der Waals surface area contributed by atoms with E-state index in [9.17, 15) is 9.59 Å². The SMILES string of the molecule is CCCC1=C(C(=O)OC(C)C)C(c2ccc(OCc3ccccc3)c(Cl)c2)NC(=O)N1. The summed E-state index contributed by atoms with van der Waals surface area (Å²) in [5, 5.41) is 5.98. The summed E-state index contributed by atoms with van der Waals surface area (Å²) in [7, 11) is 0. The molecule has 0 bridgehead atoms. The van der Waals surface area contributed by atoms with Crippen LogP contribution in [0, 0.1) is 0 Å². The fourth-order valence-corrected chi connectivity index (χ4v) is 3.63. The Hall–Kier alpha value is -2.99. The van der Waals surface area contributed by atoms with Crippen molar-refractivity contribution in [1.82, 2.24) is 10.6 Å². The molecule has 1 unspecified atom stereocenters. The zero-order chi connectivity index (χ0) is 22.4. The molecule has 2 N–H and O–H groups in total. The third-order valence-electron chi connectivity index (χ3n) is 4.74. The summed E-state index contributed by atoms with van der Waals surface area (Å²) in [4.78, 5) is 25.1. The Bertz CT molecular complexity index is 973. The maximum atomic E-state index is 12.9. The molecule has 1 aliphatic heterocycles. The number of nitrogens with one attached hydrogen (secondary N) is 2. The van der Waals surface area contributed by atoms with Crippen LogP contribution in [0.1, 0.15) is 50.8 Å². The van der Waals surface area contributed by atoms with Gasteiger partial charge in [0.15, 0.2) is 0 Å². The molecule has 0 fully saturated rings. The van der Waals surface area contributed by atoms with E-state index in [1.54, 1.807) is 32.0 Å². The highest BCUT2D eigenvalue weighted by atomic mass is 35.5. The first-order chi connectivity index (χ1) is 14.9. The molecule has 0 aliphatic carbocycles. The van der Waals surface area contributed by atoms with Gasteiger partial charge in [-0.2, -0.15) is 0 Å². The molecule has 0 saturated carbocycles. The van der Waals surface area contributed by atoms with Gasteiger partial charge in [-0.3, -0.25) is 0 Å². The van der Waals surface area contributed by atoms with Crippen LogP contribution in [-0.2, 0) is 16.1 Å². The monoisotopic (exact) mass is 442 g/mol. The van der Waals surface area contributed by atoms with E-state index in [-0.39, 0.29) is 12.1 Å². The number of amides is 2. The third-order valence-corrected chi connectivity index (χ3v) is 5.04. The minimum atomic E-state index is -0.665. The van der Waals surface area contributed by atoms with Crippen molar-refractivity contribution in [2.45, 2.75) is 52.4 Å². The van der Waals surface area contributed by atoms with E-state index in [1.165, 1.54) is 0 Å². The molecule has 164 valence electrons. The largest absolute Gasteiger partial charge is 0.487 e. The first-order valence-electron chi connectivity index (χ1n) is 10.4. The van der Waals surface area contributed by atoms with Crippen molar-refractivity contribution in [3.05, 3.63) is 76.0 Å². The molecule has 1 heterocycles. The second-order valence-corrected chi connectivity index (χ2v) is 8.00. The molecule has 0 aromatic heterocycles. The molecule has 1 atom stereocenters. The van der Waals surface area contributed by atoms with Crippen LogP contribution in [0.2, 0.25) is 5.02 Å². The van der Waals surface area contributed by atoms with E-state index >= 15 is 0 Å². The van der Waals surface area contributed by atoms with Gasteiger partial charge in [-0.15, -0.1) is 0 Å². The first-order valence-corrected chi connectivity index (χ1v) is 10.7. The average Bonchev–Trinajstić information content (AvgIpc) is 2.73. The maximum Gasteiger partial charge on any atom is 0.338 e. The molecule has 31 heavy (non-hydrogen) atoms. The predicted molar refractivity (Wildman–Crippen MR) is 120 cm³/mol. The van der Waals surface area contributed by atoms with Crippen molar-refractivity contribution >= 4 is 23.6 Å². The van der Waals surface area contributed by atoms with Gasteiger partial charge in [0.05, 0.1) is 22.7 Å². The van der Waals surface area contributed by atoms with E-state index in [1.807, 2.05) is 37.3 Å². The highest BCUT2D eigenvalue weighted by Crippen LogP contribution is 2.34. The van der Waals surface area contributed by atoms with Crippen molar-refractivity contribution in [2.24, 2.45) is 0 Å². The molecule has 7 heteroatoms. The second-order valence-electron chi connectivity index (χ2n) is 7.59. The van der Waals surface area contributed by atoms with Gasteiger partial charge in [-0.05, 0) is 43.5 Å².